The third kappa shape index (κ3) is 4.35. The lowest BCUT2D eigenvalue weighted by atomic mass is 10.1. The zero-order valence-electron chi connectivity index (χ0n) is 15.7. The van der Waals surface area contributed by atoms with Gasteiger partial charge in [0.05, 0.1) is 11.3 Å². The summed E-state index contributed by atoms with van der Waals surface area (Å²) in [5, 5.41) is 8.05. The molecule has 0 unspecified atom stereocenters. The molecule has 0 bridgehead atoms. The second-order valence-corrected chi connectivity index (χ2v) is 6.53. The number of hydrogen-bond donors (Lipinski definition) is 2. The van der Waals surface area contributed by atoms with E-state index in [0.29, 0.717) is 18.5 Å². The summed E-state index contributed by atoms with van der Waals surface area (Å²) in [7, 11) is 0. The summed E-state index contributed by atoms with van der Waals surface area (Å²) in [5.41, 5.74) is 3.42. The van der Waals surface area contributed by atoms with Gasteiger partial charge in [0, 0.05) is 36.0 Å². The van der Waals surface area contributed by atoms with Crippen LogP contribution in [-0.2, 0) is 16.0 Å². The van der Waals surface area contributed by atoms with E-state index in [2.05, 4.69) is 15.4 Å². The third-order valence-corrected chi connectivity index (χ3v) is 4.60. The largest absolute Gasteiger partial charge is 0.452 e. The number of benzene rings is 2. The number of aromatic amines is 1. The lowest BCUT2D eigenvalue weighted by Gasteiger charge is -2.07. The molecule has 4 rings (SSSR count). The number of esters is 1. The quantitative estimate of drug-likeness (QED) is 0.477. The van der Waals surface area contributed by atoms with Crippen LogP contribution < -0.4 is 5.32 Å². The number of hydrogen-bond acceptors (Lipinski definition) is 4. The highest BCUT2D eigenvalue weighted by molar-refractivity contribution is 5.91. The van der Waals surface area contributed by atoms with Gasteiger partial charge in [-0.3, -0.25) is 4.79 Å². The number of nitrogens with one attached hydrogen (secondary N) is 2. The van der Waals surface area contributed by atoms with Crippen molar-refractivity contribution in [2.45, 2.75) is 6.42 Å². The monoisotopic (exact) mass is 388 g/mol. The van der Waals surface area contributed by atoms with Crippen molar-refractivity contribution in [3.63, 3.8) is 0 Å². The van der Waals surface area contributed by atoms with Crippen LogP contribution in [0.5, 0.6) is 0 Å². The number of amides is 1. The fraction of sp³-hybridized carbons (Fsp3) is 0.136. The highest BCUT2D eigenvalue weighted by atomic mass is 16.5. The van der Waals surface area contributed by atoms with E-state index in [1.165, 1.54) is 0 Å². The molecule has 0 aliphatic heterocycles. The van der Waals surface area contributed by atoms with Crippen molar-refractivity contribution >= 4 is 22.8 Å². The summed E-state index contributed by atoms with van der Waals surface area (Å²) < 4.78 is 6.79. The molecule has 7 heteroatoms. The number of aromatic nitrogens is 3. The maximum absolute atomic E-state index is 12.1. The lowest BCUT2D eigenvalue weighted by molar-refractivity contribution is -0.124. The summed E-state index contributed by atoms with van der Waals surface area (Å²) in [6.07, 6.45) is 6.13. The lowest BCUT2D eigenvalue weighted by Crippen LogP contribution is -2.30. The highest BCUT2D eigenvalue weighted by Gasteiger charge is 2.11. The molecule has 0 aliphatic carbocycles. The Bertz CT molecular complexity index is 1110. The van der Waals surface area contributed by atoms with Gasteiger partial charge in [-0.1, -0.05) is 18.2 Å². The molecule has 7 nitrogen and oxygen atoms in total. The fourth-order valence-corrected chi connectivity index (χ4v) is 3.11. The maximum atomic E-state index is 12.1. The summed E-state index contributed by atoms with van der Waals surface area (Å²) >= 11 is 0. The summed E-state index contributed by atoms with van der Waals surface area (Å²) in [4.78, 5) is 27.3. The minimum atomic E-state index is -0.538. The Morgan fingerprint density at radius 2 is 1.90 bits per heavy atom. The van der Waals surface area contributed by atoms with Crippen molar-refractivity contribution < 1.29 is 14.3 Å². The van der Waals surface area contributed by atoms with Crippen molar-refractivity contribution in [1.82, 2.24) is 20.1 Å². The number of ether oxygens (including phenoxy) is 1. The maximum Gasteiger partial charge on any atom is 0.338 e. The van der Waals surface area contributed by atoms with Gasteiger partial charge >= 0.3 is 5.97 Å². The van der Waals surface area contributed by atoms with Crippen LogP contribution in [0.3, 0.4) is 0 Å². The van der Waals surface area contributed by atoms with Gasteiger partial charge in [-0.15, -0.1) is 0 Å². The predicted octanol–water partition coefficient (Wildman–Crippen LogP) is 2.87. The van der Waals surface area contributed by atoms with Gasteiger partial charge < -0.3 is 15.0 Å². The number of carbonyl (C=O) groups excluding carboxylic acids is 2. The van der Waals surface area contributed by atoms with Gasteiger partial charge in [0.15, 0.2) is 6.61 Å². The Morgan fingerprint density at radius 1 is 1.07 bits per heavy atom. The molecule has 0 saturated carbocycles. The van der Waals surface area contributed by atoms with E-state index < -0.39 is 5.97 Å². The Hall–Kier alpha value is -3.87. The van der Waals surface area contributed by atoms with E-state index in [9.17, 15) is 9.59 Å². The Balaban J connectivity index is 1.23. The average molecular weight is 388 g/mol. The first-order valence-corrected chi connectivity index (χ1v) is 9.29. The van der Waals surface area contributed by atoms with E-state index in [1.807, 2.05) is 42.7 Å². The number of carbonyl (C=O) groups is 2. The van der Waals surface area contributed by atoms with Crippen LogP contribution in [0.25, 0.3) is 16.6 Å². The minimum Gasteiger partial charge on any atom is -0.452 e. The normalized spacial score (nSPS) is 10.8. The van der Waals surface area contributed by atoms with E-state index in [-0.39, 0.29) is 12.5 Å². The van der Waals surface area contributed by atoms with Crippen LogP contribution >= 0.6 is 0 Å². The van der Waals surface area contributed by atoms with Crippen LogP contribution in [0.1, 0.15) is 15.9 Å². The highest BCUT2D eigenvalue weighted by Crippen LogP contribution is 2.17. The van der Waals surface area contributed by atoms with Gasteiger partial charge in [0.1, 0.15) is 0 Å². The van der Waals surface area contributed by atoms with Crippen LogP contribution in [0.2, 0.25) is 0 Å². The van der Waals surface area contributed by atoms with Gasteiger partial charge in [-0.25, -0.2) is 9.48 Å². The van der Waals surface area contributed by atoms with E-state index in [4.69, 9.17) is 4.74 Å². The van der Waals surface area contributed by atoms with Crippen LogP contribution in [-0.4, -0.2) is 39.8 Å². The molecule has 2 aromatic carbocycles. The number of nitrogens with zero attached hydrogens (tertiary/aromatic N) is 2. The van der Waals surface area contributed by atoms with Crippen molar-refractivity contribution in [3.05, 3.63) is 84.3 Å². The van der Waals surface area contributed by atoms with Crippen molar-refractivity contribution in [2.24, 2.45) is 0 Å². The Labute approximate surface area is 167 Å². The molecule has 1 amide bonds. The third-order valence-electron chi connectivity index (χ3n) is 4.60. The zero-order chi connectivity index (χ0) is 20.1. The van der Waals surface area contributed by atoms with Gasteiger partial charge in [0.2, 0.25) is 0 Å². The smallest absolute Gasteiger partial charge is 0.338 e. The molecule has 0 fully saturated rings. The minimum absolute atomic E-state index is 0.312. The number of para-hydroxylation sites is 1. The molecule has 2 heterocycles. The number of fused-ring (bicyclic) bond motifs is 1. The molecule has 2 N–H and O–H groups in total. The molecular weight excluding hydrogens is 368 g/mol. The van der Waals surface area contributed by atoms with Gasteiger partial charge in [-0.05, 0) is 48.4 Å². The van der Waals surface area contributed by atoms with Gasteiger partial charge in [-0.2, -0.15) is 5.10 Å². The first-order valence-electron chi connectivity index (χ1n) is 9.29. The Morgan fingerprint density at radius 3 is 2.69 bits per heavy atom. The average Bonchev–Trinajstić information content (AvgIpc) is 3.43. The van der Waals surface area contributed by atoms with E-state index in [0.717, 1.165) is 22.2 Å². The Kier molecular flexibility index (Phi) is 5.38. The SMILES string of the molecule is O=C(COC(=O)c1ccc(-n2cccn2)cc1)NCCc1c[nH]c2ccccc12. The second-order valence-electron chi connectivity index (χ2n) is 6.53. The van der Waals surface area contributed by atoms with Crippen molar-refractivity contribution in [2.75, 3.05) is 13.2 Å². The molecule has 4 aromatic rings. The first kappa shape index (κ1) is 18.5. The van der Waals surface area contributed by atoms with Crippen molar-refractivity contribution in [1.29, 1.82) is 0 Å². The number of H-pyrrole nitrogens is 1. The molecule has 0 aliphatic rings. The molecule has 0 spiro atoms. The summed E-state index contributed by atoms with van der Waals surface area (Å²) in [6, 6.07) is 16.7. The van der Waals surface area contributed by atoms with Crippen LogP contribution in [0, 0.1) is 0 Å². The topological polar surface area (TPSA) is 89.0 Å². The standard InChI is InChI=1S/C22H20N4O3/c27-21(23-12-10-17-14-24-20-5-2-1-4-19(17)20)15-29-22(28)16-6-8-18(9-7-16)26-13-3-11-25-26/h1-9,11,13-14,24H,10,12,15H2,(H,23,27). The van der Waals surface area contributed by atoms with Crippen LogP contribution in [0.4, 0.5) is 0 Å². The zero-order valence-corrected chi connectivity index (χ0v) is 15.7. The summed E-state index contributed by atoms with van der Waals surface area (Å²) in [5.74, 6) is -0.866. The predicted molar refractivity (Wildman–Crippen MR) is 109 cm³/mol. The molecule has 146 valence electrons. The summed E-state index contributed by atoms with van der Waals surface area (Å²) in [6.45, 7) is 0.157. The van der Waals surface area contributed by atoms with Crippen LogP contribution in [0.15, 0.2) is 73.2 Å². The second kappa shape index (κ2) is 8.43. The molecular formula is C22H20N4O3. The molecule has 2 aromatic heterocycles. The molecule has 0 radical (unpaired) electrons. The fourth-order valence-electron chi connectivity index (χ4n) is 3.11. The van der Waals surface area contributed by atoms with E-state index >= 15 is 0 Å². The molecule has 0 atom stereocenters. The first-order chi connectivity index (χ1) is 14.2. The molecule has 29 heavy (non-hydrogen) atoms. The molecule has 0 saturated heterocycles. The van der Waals surface area contributed by atoms with Crippen molar-refractivity contribution in [3.8, 4) is 5.69 Å². The van der Waals surface area contributed by atoms with Gasteiger partial charge in [0.25, 0.3) is 5.91 Å². The van der Waals surface area contributed by atoms with E-state index in [1.54, 1.807) is 35.1 Å². The number of rotatable bonds is 7.